The van der Waals surface area contributed by atoms with Crippen LogP contribution < -0.4 is 10.5 Å². The van der Waals surface area contributed by atoms with Crippen LogP contribution in [0, 0.1) is 17.0 Å². The van der Waals surface area contributed by atoms with Crippen LogP contribution in [-0.4, -0.2) is 14.9 Å². The molecule has 98 valence electrons. The topological polar surface area (TPSA) is 104 Å². The maximum atomic E-state index is 10.9. The summed E-state index contributed by atoms with van der Waals surface area (Å²) in [5, 5.41) is 10.9. The zero-order chi connectivity index (χ0) is 14.0. The summed E-state index contributed by atoms with van der Waals surface area (Å²) in [4.78, 5) is 18.0. The molecule has 1 aromatic carbocycles. The van der Waals surface area contributed by atoms with Gasteiger partial charge in [-0.05, 0) is 34.5 Å². The van der Waals surface area contributed by atoms with Crippen LogP contribution in [0.25, 0.3) is 0 Å². The minimum atomic E-state index is -0.521. The summed E-state index contributed by atoms with van der Waals surface area (Å²) in [6, 6.07) is 4.57. The molecule has 0 bridgehead atoms. The maximum Gasteiger partial charge on any atom is 0.311 e. The predicted molar refractivity (Wildman–Crippen MR) is 72.1 cm³/mol. The third kappa shape index (κ3) is 2.97. The van der Waals surface area contributed by atoms with Crippen molar-refractivity contribution in [1.29, 1.82) is 0 Å². The third-order valence-electron chi connectivity index (χ3n) is 2.25. The van der Waals surface area contributed by atoms with E-state index in [2.05, 4.69) is 25.9 Å². The highest BCUT2D eigenvalue weighted by atomic mass is 79.9. The molecule has 2 rings (SSSR count). The van der Waals surface area contributed by atoms with Crippen LogP contribution in [0.15, 0.2) is 28.9 Å². The average Bonchev–Trinajstić information content (AvgIpc) is 2.33. The van der Waals surface area contributed by atoms with E-state index in [9.17, 15) is 10.1 Å². The number of anilines is 1. The summed E-state index contributed by atoms with van der Waals surface area (Å²) >= 11 is 3.19. The zero-order valence-corrected chi connectivity index (χ0v) is 11.4. The number of rotatable bonds is 3. The van der Waals surface area contributed by atoms with Crippen LogP contribution in [0.2, 0.25) is 0 Å². The number of ether oxygens (including phenoxy) is 1. The normalized spacial score (nSPS) is 10.2. The molecule has 2 N–H and O–H groups in total. The number of aryl methyl sites for hydroxylation is 1. The van der Waals surface area contributed by atoms with Crippen molar-refractivity contribution in [2.45, 2.75) is 6.92 Å². The van der Waals surface area contributed by atoms with Gasteiger partial charge in [-0.25, -0.2) is 4.98 Å². The Morgan fingerprint density at radius 3 is 2.89 bits per heavy atom. The minimum absolute atomic E-state index is 0.0218. The van der Waals surface area contributed by atoms with Gasteiger partial charge in [0, 0.05) is 6.07 Å². The molecule has 1 aromatic heterocycles. The van der Waals surface area contributed by atoms with Crippen LogP contribution in [0.5, 0.6) is 11.6 Å². The molecule has 0 atom stereocenters. The van der Waals surface area contributed by atoms with Crippen LogP contribution in [0.1, 0.15) is 5.56 Å². The smallest absolute Gasteiger partial charge is 0.311 e. The molecule has 8 heteroatoms. The van der Waals surface area contributed by atoms with E-state index >= 15 is 0 Å². The van der Waals surface area contributed by atoms with Crippen LogP contribution in [0.3, 0.4) is 0 Å². The lowest BCUT2D eigenvalue weighted by atomic mass is 10.2. The molecule has 0 aliphatic heterocycles. The first-order chi connectivity index (χ1) is 8.97. The van der Waals surface area contributed by atoms with E-state index in [1.165, 1.54) is 12.3 Å². The van der Waals surface area contributed by atoms with Crippen LogP contribution >= 0.6 is 15.9 Å². The highest BCUT2D eigenvalue weighted by molar-refractivity contribution is 9.10. The summed E-state index contributed by atoms with van der Waals surface area (Å²) < 4.78 is 5.90. The number of benzene rings is 1. The second-order valence-corrected chi connectivity index (χ2v) is 4.57. The number of nitrogen functional groups attached to an aromatic ring is 1. The Balaban J connectivity index is 2.45. The van der Waals surface area contributed by atoms with E-state index in [0.717, 1.165) is 5.56 Å². The number of nitro benzene ring substituents is 1. The first-order valence-electron chi connectivity index (χ1n) is 5.18. The second kappa shape index (κ2) is 5.19. The molecule has 7 nitrogen and oxygen atoms in total. The van der Waals surface area contributed by atoms with Gasteiger partial charge in [-0.1, -0.05) is 6.07 Å². The fourth-order valence-corrected chi connectivity index (χ4v) is 1.67. The molecule has 0 unspecified atom stereocenters. The van der Waals surface area contributed by atoms with Crippen molar-refractivity contribution in [3.63, 3.8) is 0 Å². The monoisotopic (exact) mass is 324 g/mol. The third-order valence-corrected chi connectivity index (χ3v) is 2.79. The molecule has 0 radical (unpaired) electrons. The molecule has 0 aliphatic carbocycles. The lowest BCUT2D eigenvalue weighted by Gasteiger charge is -2.07. The number of nitro groups is 1. The number of aromatic nitrogens is 2. The first kappa shape index (κ1) is 13.2. The van der Waals surface area contributed by atoms with Crippen LogP contribution in [-0.2, 0) is 0 Å². The highest BCUT2D eigenvalue weighted by Gasteiger charge is 2.17. The standard InChI is InChI=1S/C11H9BrN4O3/c1-6-2-3-8(16(17)18)9(4-6)19-10-7(12)5-14-11(13)15-10/h2-5H,1H3,(H2,13,14,15). The van der Waals surface area contributed by atoms with Gasteiger partial charge in [-0.2, -0.15) is 4.98 Å². The maximum absolute atomic E-state index is 10.9. The molecule has 0 amide bonds. The van der Waals surface area contributed by atoms with E-state index in [1.54, 1.807) is 19.1 Å². The SMILES string of the molecule is Cc1ccc([N+](=O)[O-])c(Oc2nc(N)ncc2Br)c1. The number of hydrogen-bond acceptors (Lipinski definition) is 6. The van der Waals surface area contributed by atoms with Gasteiger partial charge >= 0.3 is 5.69 Å². The quantitative estimate of drug-likeness (QED) is 0.687. The first-order valence-corrected chi connectivity index (χ1v) is 5.97. The van der Waals surface area contributed by atoms with E-state index in [-0.39, 0.29) is 23.3 Å². The van der Waals surface area contributed by atoms with Gasteiger partial charge in [0.1, 0.15) is 0 Å². The molecule has 0 saturated carbocycles. The van der Waals surface area contributed by atoms with Gasteiger partial charge in [0.05, 0.1) is 15.6 Å². The van der Waals surface area contributed by atoms with Gasteiger partial charge in [0.15, 0.2) is 0 Å². The van der Waals surface area contributed by atoms with Crippen molar-refractivity contribution in [1.82, 2.24) is 9.97 Å². The Morgan fingerprint density at radius 2 is 2.21 bits per heavy atom. The van der Waals surface area contributed by atoms with Gasteiger partial charge in [-0.3, -0.25) is 10.1 Å². The molecule has 1 heterocycles. The Hall–Kier alpha value is -2.22. The van der Waals surface area contributed by atoms with E-state index in [4.69, 9.17) is 10.5 Å². The summed E-state index contributed by atoms with van der Waals surface area (Å²) in [6.07, 6.45) is 1.42. The van der Waals surface area contributed by atoms with Crippen molar-refractivity contribution in [2.75, 3.05) is 5.73 Å². The average molecular weight is 325 g/mol. The van der Waals surface area contributed by atoms with Gasteiger partial charge in [0.25, 0.3) is 0 Å². The molecular weight excluding hydrogens is 316 g/mol. The number of hydrogen-bond donors (Lipinski definition) is 1. The van der Waals surface area contributed by atoms with Crippen molar-refractivity contribution in [2.24, 2.45) is 0 Å². The van der Waals surface area contributed by atoms with Gasteiger partial charge < -0.3 is 10.5 Å². The number of nitrogens with two attached hydrogens (primary N) is 1. The fourth-order valence-electron chi connectivity index (χ4n) is 1.39. The Bertz CT molecular complexity index is 648. The summed E-state index contributed by atoms with van der Waals surface area (Å²) in [6.45, 7) is 1.81. The van der Waals surface area contributed by atoms with E-state index in [1.807, 2.05) is 0 Å². The largest absolute Gasteiger partial charge is 0.430 e. The summed E-state index contributed by atoms with van der Waals surface area (Å²) in [7, 11) is 0. The number of halogens is 1. The Kier molecular flexibility index (Phi) is 3.61. The van der Waals surface area contributed by atoms with Crippen molar-refractivity contribution in [3.05, 3.63) is 44.5 Å². The van der Waals surface area contributed by atoms with Gasteiger partial charge in [0.2, 0.25) is 17.6 Å². The van der Waals surface area contributed by atoms with Crippen molar-refractivity contribution >= 4 is 27.6 Å². The predicted octanol–water partition coefficient (Wildman–Crippen LogP) is 2.83. The highest BCUT2D eigenvalue weighted by Crippen LogP contribution is 2.34. The fraction of sp³-hybridized carbons (Fsp3) is 0.0909. The Morgan fingerprint density at radius 1 is 1.47 bits per heavy atom. The molecule has 0 aliphatic rings. The molecular formula is C11H9BrN4O3. The summed E-state index contributed by atoms with van der Waals surface area (Å²) in [5.74, 6) is 0.249. The van der Waals surface area contributed by atoms with E-state index < -0.39 is 4.92 Å². The molecule has 2 aromatic rings. The molecule has 0 fully saturated rings. The van der Waals surface area contributed by atoms with E-state index in [0.29, 0.717) is 4.47 Å². The minimum Gasteiger partial charge on any atom is -0.430 e. The molecule has 0 saturated heterocycles. The molecule has 0 spiro atoms. The molecule has 19 heavy (non-hydrogen) atoms. The zero-order valence-electron chi connectivity index (χ0n) is 9.83. The second-order valence-electron chi connectivity index (χ2n) is 3.71. The number of nitrogens with zero attached hydrogens (tertiary/aromatic N) is 3. The Labute approximate surface area is 116 Å². The van der Waals surface area contributed by atoms with Gasteiger partial charge in [-0.15, -0.1) is 0 Å². The lowest BCUT2D eigenvalue weighted by Crippen LogP contribution is -1.99. The lowest BCUT2D eigenvalue weighted by molar-refractivity contribution is -0.385. The van der Waals surface area contributed by atoms with Crippen molar-refractivity contribution in [3.8, 4) is 11.6 Å². The van der Waals surface area contributed by atoms with Crippen LogP contribution in [0.4, 0.5) is 11.6 Å². The summed E-state index contributed by atoms with van der Waals surface area (Å²) in [5.41, 5.74) is 6.14. The van der Waals surface area contributed by atoms with Crippen molar-refractivity contribution < 1.29 is 9.66 Å².